The van der Waals surface area contributed by atoms with Gasteiger partial charge in [0.25, 0.3) is 5.91 Å². The summed E-state index contributed by atoms with van der Waals surface area (Å²) in [4.78, 5) is 16.0. The Hall–Kier alpha value is -3.07. The molecule has 0 atom stereocenters. The number of halogens is 4. The molecule has 3 rings (SSSR count). The monoisotopic (exact) mass is 410 g/mol. The summed E-state index contributed by atoms with van der Waals surface area (Å²) in [5.41, 5.74) is 1.62. The summed E-state index contributed by atoms with van der Waals surface area (Å²) in [7, 11) is 0. The molecule has 0 aliphatic rings. The highest BCUT2D eigenvalue weighted by Gasteiger charge is 2.28. The minimum Gasteiger partial charge on any atom is -0.468 e. The van der Waals surface area contributed by atoms with Crippen molar-refractivity contribution in [2.45, 2.75) is 12.7 Å². The van der Waals surface area contributed by atoms with Crippen LogP contribution in [0.2, 0.25) is 5.02 Å². The van der Waals surface area contributed by atoms with Crippen LogP contribution in [-0.2, 0) is 6.54 Å². The van der Waals surface area contributed by atoms with Crippen LogP contribution in [0.15, 0.2) is 55.0 Å². The first kappa shape index (κ1) is 19.7. The zero-order valence-corrected chi connectivity index (χ0v) is 15.0. The van der Waals surface area contributed by atoms with E-state index in [0.29, 0.717) is 16.1 Å². The standard InChI is InChI=1S/C18H14ClF3N4O2/c19-14-1-3-15(4-2-14)26-10-13(9-25-26)17(27)24-8-12-5-6-23-16(7-12)28-11-18(20,21)22/h1-7,9-10H,8,11H2,(H,24,27). The lowest BCUT2D eigenvalue weighted by atomic mass is 10.2. The molecule has 1 aromatic carbocycles. The van der Waals surface area contributed by atoms with Gasteiger partial charge in [0.1, 0.15) is 0 Å². The number of amides is 1. The molecule has 0 saturated carbocycles. The van der Waals surface area contributed by atoms with Gasteiger partial charge in [-0.25, -0.2) is 9.67 Å². The summed E-state index contributed by atoms with van der Waals surface area (Å²) >= 11 is 5.84. The number of alkyl halides is 3. The number of pyridine rings is 1. The fourth-order valence-corrected chi connectivity index (χ4v) is 2.38. The zero-order valence-electron chi connectivity index (χ0n) is 14.3. The predicted octanol–water partition coefficient (Wildman–Crippen LogP) is 3.79. The van der Waals surface area contributed by atoms with Crippen LogP contribution in [0.25, 0.3) is 5.69 Å². The second kappa shape index (κ2) is 8.30. The number of rotatable bonds is 6. The van der Waals surface area contributed by atoms with Gasteiger partial charge >= 0.3 is 6.18 Å². The highest BCUT2D eigenvalue weighted by molar-refractivity contribution is 6.30. The van der Waals surface area contributed by atoms with Crippen molar-refractivity contribution in [2.24, 2.45) is 0 Å². The molecule has 0 bridgehead atoms. The number of aromatic nitrogens is 3. The lowest BCUT2D eigenvalue weighted by Crippen LogP contribution is -2.22. The van der Waals surface area contributed by atoms with Gasteiger partial charge in [-0.1, -0.05) is 11.6 Å². The minimum absolute atomic E-state index is 0.0931. The second-order valence-corrected chi connectivity index (χ2v) is 6.18. The van der Waals surface area contributed by atoms with Crippen molar-refractivity contribution < 1.29 is 22.7 Å². The first-order chi connectivity index (χ1) is 13.3. The van der Waals surface area contributed by atoms with Crippen molar-refractivity contribution in [3.63, 3.8) is 0 Å². The van der Waals surface area contributed by atoms with Crippen molar-refractivity contribution in [1.29, 1.82) is 0 Å². The van der Waals surface area contributed by atoms with E-state index in [1.165, 1.54) is 23.1 Å². The largest absolute Gasteiger partial charge is 0.468 e. The van der Waals surface area contributed by atoms with Gasteiger partial charge in [0.2, 0.25) is 5.88 Å². The van der Waals surface area contributed by atoms with Crippen LogP contribution in [0.1, 0.15) is 15.9 Å². The first-order valence-electron chi connectivity index (χ1n) is 8.03. The van der Waals surface area contributed by atoms with Crippen molar-refractivity contribution >= 4 is 17.5 Å². The van der Waals surface area contributed by atoms with Crippen LogP contribution >= 0.6 is 11.6 Å². The summed E-state index contributed by atoms with van der Waals surface area (Å²) < 4.78 is 42.7. The van der Waals surface area contributed by atoms with Crippen LogP contribution in [0, 0.1) is 0 Å². The van der Waals surface area contributed by atoms with Crippen LogP contribution in [0.5, 0.6) is 5.88 Å². The van der Waals surface area contributed by atoms with Gasteiger partial charge in [0.15, 0.2) is 6.61 Å². The molecule has 2 heterocycles. The molecule has 28 heavy (non-hydrogen) atoms. The molecule has 0 saturated heterocycles. The van der Waals surface area contributed by atoms with Gasteiger partial charge in [-0.2, -0.15) is 18.3 Å². The van der Waals surface area contributed by atoms with E-state index in [1.54, 1.807) is 36.5 Å². The fraction of sp³-hybridized carbons (Fsp3) is 0.167. The Kier molecular flexibility index (Phi) is 5.84. The predicted molar refractivity (Wildman–Crippen MR) is 95.5 cm³/mol. The van der Waals surface area contributed by atoms with Gasteiger partial charge in [-0.05, 0) is 35.9 Å². The highest BCUT2D eigenvalue weighted by atomic mass is 35.5. The fourth-order valence-electron chi connectivity index (χ4n) is 2.25. The molecule has 10 heteroatoms. The minimum atomic E-state index is -4.45. The Balaban J connectivity index is 1.59. The number of benzene rings is 1. The molecule has 3 aromatic rings. The molecule has 0 aliphatic carbocycles. The molecule has 0 unspecified atom stereocenters. The lowest BCUT2D eigenvalue weighted by molar-refractivity contribution is -0.154. The lowest BCUT2D eigenvalue weighted by Gasteiger charge is -2.09. The van der Waals surface area contributed by atoms with Gasteiger partial charge < -0.3 is 10.1 Å². The molecule has 1 N–H and O–H groups in total. The van der Waals surface area contributed by atoms with E-state index in [0.717, 1.165) is 5.69 Å². The topological polar surface area (TPSA) is 69.0 Å². The molecule has 6 nitrogen and oxygen atoms in total. The van der Waals surface area contributed by atoms with E-state index >= 15 is 0 Å². The second-order valence-electron chi connectivity index (χ2n) is 5.74. The molecule has 1 amide bonds. The third kappa shape index (κ3) is 5.46. The molecule has 0 fully saturated rings. The average molecular weight is 411 g/mol. The van der Waals surface area contributed by atoms with Crippen molar-refractivity contribution in [3.8, 4) is 11.6 Å². The number of nitrogens with zero attached hydrogens (tertiary/aromatic N) is 3. The van der Waals surface area contributed by atoms with Crippen molar-refractivity contribution in [3.05, 3.63) is 71.1 Å². The number of carbonyl (C=O) groups excluding carboxylic acids is 1. The summed E-state index contributed by atoms with van der Waals surface area (Å²) in [6, 6.07) is 9.84. The van der Waals surface area contributed by atoms with E-state index in [1.807, 2.05) is 0 Å². The van der Waals surface area contributed by atoms with Crippen molar-refractivity contribution in [2.75, 3.05) is 6.61 Å². The smallest absolute Gasteiger partial charge is 0.422 e. The maximum Gasteiger partial charge on any atom is 0.422 e. The van der Waals surface area contributed by atoms with E-state index in [2.05, 4.69) is 20.1 Å². The first-order valence-corrected chi connectivity index (χ1v) is 8.41. The van der Waals surface area contributed by atoms with E-state index in [4.69, 9.17) is 11.6 Å². The molecular weight excluding hydrogens is 397 g/mol. The molecule has 2 aromatic heterocycles. The summed E-state index contributed by atoms with van der Waals surface area (Å²) in [5.74, 6) is -0.547. The number of hydrogen-bond acceptors (Lipinski definition) is 4. The molecule has 146 valence electrons. The third-order valence-corrected chi connectivity index (χ3v) is 3.82. The Bertz CT molecular complexity index is 958. The van der Waals surface area contributed by atoms with E-state index in [-0.39, 0.29) is 18.3 Å². The van der Waals surface area contributed by atoms with Crippen LogP contribution in [-0.4, -0.2) is 33.5 Å². The van der Waals surface area contributed by atoms with Gasteiger partial charge in [0.05, 0.1) is 17.4 Å². The van der Waals surface area contributed by atoms with Crippen LogP contribution < -0.4 is 10.1 Å². The van der Waals surface area contributed by atoms with E-state index in [9.17, 15) is 18.0 Å². The SMILES string of the molecule is O=C(NCc1ccnc(OCC(F)(F)F)c1)c1cnn(-c2ccc(Cl)cc2)c1. The number of ether oxygens (including phenoxy) is 1. The Morgan fingerprint density at radius 3 is 2.68 bits per heavy atom. The maximum atomic E-state index is 12.3. The van der Waals surface area contributed by atoms with Gasteiger partial charge in [0, 0.05) is 30.0 Å². The zero-order chi connectivity index (χ0) is 20.1. The average Bonchev–Trinajstić information content (AvgIpc) is 3.15. The van der Waals surface area contributed by atoms with Crippen LogP contribution in [0.3, 0.4) is 0 Å². The summed E-state index contributed by atoms with van der Waals surface area (Å²) in [6.07, 6.45) is -0.167. The summed E-state index contributed by atoms with van der Waals surface area (Å²) in [6.45, 7) is -1.34. The number of nitrogens with one attached hydrogen (secondary N) is 1. The Morgan fingerprint density at radius 1 is 1.21 bits per heavy atom. The Morgan fingerprint density at radius 2 is 1.96 bits per heavy atom. The molecule has 0 radical (unpaired) electrons. The molecule has 0 aliphatic heterocycles. The maximum absolute atomic E-state index is 12.3. The quantitative estimate of drug-likeness (QED) is 0.671. The normalized spacial score (nSPS) is 11.3. The molecule has 0 spiro atoms. The highest BCUT2D eigenvalue weighted by Crippen LogP contribution is 2.18. The van der Waals surface area contributed by atoms with E-state index < -0.39 is 12.8 Å². The number of hydrogen-bond donors (Lipinski definition) is 1. The Labute approximate surface area is 162 Å². The third-order valence-electron chi connectivity index (χ3n) is 3.57. The number of carbonyl (C=O) groups is 1. The summed E-state index contributed by atoms with van der Waals surface area (Å²) in [5, 5.41) is 7.39. The van der Waals surface area contributed by atoms with Gasteiger partial charge in [-0.15, -0.1) is 0 Å². The van der Waals surface area contributed by atoms with Gasteiger partial charge in [-0.3, -0.25) is 4.79 Å². The molecular formula is C18H14ClF3N4O2. The van der Waals surface area contributed by atoms with Crippen molar-refractivity contribution in [1.82, 2.24) is 20.1 Å². The van der Waals surface area contributed by atoms with Crippen LogP contribution in [0.4, 0.5) is 13.2 Å².